The van der Waals surface area contributed by atoms with Gasteiger partial charge in [-0.25, -0.2) is 0 Å². The van der Waals surface area contributed by atoms with Crippen LogP contribution in [0.5, 0.6) is 5.75 Å². The smallest absolute Gasteiger partial charge is 0.291 e. The van der Waals surface area contributed by atoms with Crippen molar-refractivity contribution in [1.82, 2.24) is 0 Å². The number of benzene rings is 2. The second-order valence-electron chi connectivity index (χ2n) is 6.47. The monoisotopic (exact) mass is 363 g/mol. The fourth-order valence-electron chi connectivity index (χ4n) is 2.91. The Bertz CT molecular complexity index is 999. The van der Waals surface area contributed by atoms with Gasteiger partial charge >= 0.3 is 0 Å². The van der Waals surface area contributed by atoms with Crippen molar-refractivity contribution in [2.45, 2.75) is 27.4 Å². The number of nitrogens with one attached hydrogen (secondary N) is 1. The first-order valence-corrected chi connectivity index (χ1v) is 8.63. The Labute approximate surface area is 157 Å². The summed E-state index contributed by atoms with van der Waals surface area (Å²) in [5.74, 6) is -0.471. The summed E-state index contributed by atoms with van der Waals surface area (Å²) in [4.78, 5) is 24.7. The summed E-state index contributed by atoms with van der Waals surface area (Å²) in [7, 11) is 0. The molecule has 0 unspecified atom stereocenters. The molecule has 3 rings (SSSR count). The zero-order valence-electron chi connectivity index (χ0n) is 15.5. The molecule has 0 aliphatic heterocycles. The van der Waals surface area contributed by atoms with E-state index in [0.29, 0.717) is 0 Å². The maximum absolute atomic E-state index is 12.5. The SMILES string of the molecule is Cc1cc(C)c(NC(=O)c2cc(=O)c(OCc3ccccc3)co2)c(C)c1. The third-order valence-corrected chi connectivity index (χ3v) is 4.17. The zero-order valence-corrected chi connectivity index (χ0v) is 15.5. The average molecular weight is 363 g/mol. The van der Waals surface area contributed by atoms with Crippen LogP contribution in [0.4, 0.5) is 5.69 Å². The van der Waals surface area contributed by atoms with Crippen LogP contribution in [0.15, 0.2) is 64.0 Å². The van der Waals surface area contributed by atoms with Crippen LogP contribution >= 0.6 is 0 Å². The molecule has 27 heavy (non-hydrogen) atoms. The van der Waals surface area contributed by atoms with Crippen LogP contribution in [0.2, 0.25) is 0 Å². The van der Waals surface area contributed by atoms with E-state index in [2.05, 4.69) is 5.32 Å². The van der Waals surface area contributed by atoms with E-state index < -0.39 is 11.3 Å². The summed E-state index contributed by atoms with van der Waals surface area (Å²) in [5, 5.41) is 2.81. The first-order valence-electron chi connectivity index (χ1n) is 8.63. The van der Waals surface area contributed by atoms with Gasteiger partial charge in [0.1, 0.15) is 12.9 Å². The minimum Gasteiger partial charge on any atom is -0.482 e. The molecule has 138 valence electrons. The number of carbonyl (C=O) groups is 1. The molecular formula is C22H21NO4. The van der Waals surface area contributed by atoms with E-state index >= 15 is 0 Å². The Morgan fingerprint density at radius 1 is 1.04 bits per heavy atom. The maximum Gasteiger partial charge on any atom is 0.291 e. The molecule has 0 saturated carbocycles. The quantitative estimate of drug-likeness (QED) is 0.730. The lowest BCUT2D eigenvalue weighted by Crippen LogP contribution is -2.17. The number of hydrogen-bond donors (Lipinski definition) is 1. The number of carbonyl (C=O) groups excluding carboxylic acids is 1. The summed E-state index contributed by atoms with van der Waals surface area (Å²) in [5.41, 5.74) is 4.27. The van der Waals surface area contributed by atoms with Gasteiger partial charge in [-0.05, 0) is 37.5 Å². The van der Waals surface area contributed by atoms with Crippen LogP contribution in [-0.2, 0) is 6.61 Å². The van der Waals surface area contributed by atoms with Gasteiger partial charge in [-0.2, -0.15) is 0 Å². The van der Waals surface area contributed by atoms with Gasteiger partial charge in [-0.15, -0.1) is 0 Å². The fourth-order valence-corrected chi connectivity index (χ4v) is 2.91. The Kier molecular flexibility index (Phi) is 5.41. The summed E-state index contributed by atoms with van der Waals surface area (Å²) < 4.78 is 10.8. The van der Waals surface area contributed by atoms with Gasteiger partial charge in [0.05, 0.1) is 0 Å². The molecule has 2 aromatic carbocycles. The second kappa shape index (κ2) is 7.91. The second-order valence-corrected chi connectivity index (χ2v) is 6.47. The lowest BCUT2D eigenvalue weighted by molar-refractivity contribution is 0.0993. The Morgan fingerprint density at radius 2 is 1.70 bits per heavy atom. The van der Waals surface area contributed by atoms with E-state index in [1.54, 1.807) is 0 Å². The van der Waals surface area contributed by atoms with Gasteiger partial charge in [0.2, 0.25) is 11.2 Å². The number of rotatable bonds is 5. The largest absolute Gasteiger partial charge is 0.482 e. The number of hydrogen-bond acceptors (Lipinski definition) is 4. The van der Waals surface area contributed by atoms with Crippen LogP contribution in [0.1, 0.15) is 32.8 Å². The van der Waals surface area contributed by atoms with E-state index in [0.717, 1.165) is 34.0 Å². The Morgan fingerprint density at radius 3 is 2.33 bits per heavy atom. The predicted molar refractivity (Wildman–Crippen MR) is 104 cm³/mol. The number of anilines is 1. The molecule has 0 aliphatic carbocycles. The van der Waals surface area contributed by atoms with Crippen molar-refractivity contribution < 1.29 is 13.9 Å². The minimum atomic E-state index is -0.475. The minimum absolute atomic E-state index is 0.0635. The molecule has 0 fully saturated rings. The van der Waals surface area contributed by atoms with Crippen molar-refractivity contribution in [3.8, 4) is 5.75 Å². The van der Waals surface area contributed by atoms with Crippen molar-refractivity contribution in [2.24, 2.45) is 0 Å². The molecule has 1 aromatic heterocycles. The van der Waals surface area contributed by atoms with Crippen molar-refractivity contribution in [3.63, 3.8) is 0 Å². The van der Waals surface area contributed by atoms with Crippen molar-refractivity contribution in [2.75, 3.05) is 5.32 Å². The number of amides is 1. The summed E-state index contributed by atoms with van der Waals surface area (Å²) >= 11 is 0. The number of aryl methyl sites for hydroxylation is 3. The molecule has 3 aromatic rings. The highest BCUT2D eigenvalue weighted by Gasteiger charge is 2.15. The highest BCUT2D eigenvalue weighted by molar-refractivity contribution is 6.03. The van der Waals surface area contributed by atoms with Gasteiger partial charge < -0.3 is 14.5 Å². The Hall–Kier alpha value is -3.34. The first-order chi connectivity index (χ1) is 12.9. The van der Waals surface area contributed by atoms with Crippen LogP contribution < -0.4 is 15.5 Å². The molecule has 0 spiro atoms. The van der Waals surface area contributed by atoms with Gasteiger partial charge in [0, 0.05) is 11.8 Å². The third-order valence-electron chi connectivity index (χ3n) is 4.17. The average Bonchev–Trinajstić information content (AvgIpc) is 2.64. The van der Waals surface area contributed by atoms with Gasteiger partial charge in [-0.1, -0.05) is 48.0 Å². The number of ether oxygens (including phenoxy) is 1. The lowest BCUT2D eigenvalue weighted by atomic mass is 10.1. The van der Waals surface area contributed by atoms with E-state index in [-0.39, 0.29) is 18.1 Å². The molecule has 0 aliphatic rings. The lowest BCUT2D eigenvalue weighted by Gasteiger charge is -2.12. The topological polar surface area (TPSA) is 68.5 Å². The van der Waals surface area contributed by atoms with E-state index in [1.165, 1.54) is 6.26 Å². The van der Waals surface area contributed by atoms with Gasteiger partial charge in [-0.3, -0.25) is 9.59 Å². The zero-order chi connectivity index (χ0) is 19.4. The van der Waals surface area contributed by atoms with Crippen LogP contribution in [-0.4, -0.2) is 5.91 Å². The van der Waals surface area contributed by atoms with Gasteiger partial charge in [0.25, 0.3) is 5.91 Å². The molecule has 0 atom stereocenters. The van der Waals surface area contributed by atoms with Crippen molar-refractivity contribution in [1.29, 1.82) is 0 Å². The Balaban J connectivity index is 1.73. The molecule has 0 saturated heterocycles. The molecule has 0 bridgehead atoms. The first kappa shape index (κ1) is 18.5. The molecule has 5 heteroatoms. The standard InChI is InChI=1S/C22H21NO4/c1-14-9-15(2)21(16(3)10-14)23-22(25)19-11-18(24)20(13-27-19)26-12-17-7-5-4-6-8-17/h4-11,13H,12H2,1-3H3,(H,23,25). The van der Waals surface area contributed by atoms with E-state index in [9.17, 15) is 9.59 Å². The molecule has 1 N–H and O–H groups in total. The molecular weight excluding hydrogens is 342 g/mol. The fraction of sp³-hybridized carbons (Fsp3) is 0.182. The highest BCUT2D eigenvalue weighted by atomic mass is 16.5. The van der Waals surface area contributed by atoms with Crippen LogP contribution in [0.3, 0.4) is 0 Å². The molecule has 0 radical (unpaired) electrons. The molecule has 5 nitrogen and oxygen atoms in total. The molecule has 1 amide bonds. The normalized spacial score (nSPS) is 10.5. The summed E-state index contributed by atoms with van der Waals surface area (Å²) in [6.07, 6.45) is 1.18. The van der Waals surface area contributed by atoms with Crippen LogP contribution in [0.25, 0.3) is 0 Å². The predicted octanol–water partition coefficient (Wildman–Crippen LogP) is 4.40. The van der Waals surface area contributed by atoms with Crippen molar-refractivity contribution >= 4 is 11.6 Å². The summed E-state index contributed by atoms with van der Waals surface area (Å²) in [6.45, 7) is 6.09. The van der Waals surface area contributed by atoms with Gasteiger partial charge in [0.15, 0.2) is 5.76 Å². The van der Waals surface area contributed by atoms with E-state index in [1.807, 2.05) is 63.2 Å². The maximum atomic E-state index is 12.5. The van der Waals surface area contributed by atoms with Crippen LogP contribution in [0, 0.1) is 20.8 Å². The molecule has 1 heterocycles. The highest BCUT2D eigenvalue weighted by Crippen LogP contribution is 2.22. The van der Waals surface area contributed by atoms with E-state index in [4.69, 9.17) is 9.15 Å². The third kappa shape index (κ3) is 4.44. The summed E-state index contributed by atoms with van der Waals surface area (Å²) in [6, 6.07) is 14.6. The van der Waals surface area contributed by atoms with Crippen molar-refractivity contribution in [3.05, 3.63) is 93.0 Å².